The van der Waals surface area contributed by atoms with Crippen molar-refractivity contribution in [1.29, 1.82) is 0 Å². The number of rotatable bonds is 4. The minimum atomic E-state index is 0.343. The number of aromatic nitrogens is 4. The van der Waals surface area contributed by atoms with Crippen LogP contribution in [0.1, 0.15) is 67.6 Å². The molecule has 5 rings (SSSR count). The molecule has 1 aromatic carbocycles. The Hall–Kier alpha value is -2.88. The predicted octanol–water partition coefficient (Wildman–Crippen LogP) is 3.30. The summed E-state index contributed by atoms with van der Waals surface area (Å²) in [6.45, 7) is 5.41. The Labute approximate surface area is 184 Å². The summed E-state index contributed by atoms with van der Waals surface area (Å²) in [6.07, 6.45) is 8.81. The van der Waals surface area contributed by atoms with Crippen molar-refractivity contribution in [3.63, 3.8) is 0 Å². The number of imidazole rings is 2. The molecule has 0 amide bonds. The van der Waals surface area contributed by atoms with E-state index in [9.17, 15) is 0 Å². The third-order valence-corrected chi connectivity index (χ3v) is 6.60. The van der Waals surface area contributed by atoms with E-state index in [1.165, 1.54) is 42.9 Å². The highest BCUT2D eigenvalue weighted by Crippen LogP contribution is 2.29. The van der Waals surface area contributed by atoms with E-state index in [-0.39, 0.29) is 0 Å². The van der Waals surface area contributed by atoms with Crippen molar-refractivity contribution < 1.29 is 4.57 Å². The van der Waals surface area contributed by atoms with Gasteiger partial charge in [-0.25, -0.2) is 14.5 Å². The van der Waals surface area contributed by atoms with Gasteiger partial charge in [-0.1, -0.05) is 5.92 Å². The molecule has 2 unspecified atom stereocenters. The molecule has 3 N–H and O–H groups in total. The second kappa shape index (κ2) is 8.70. The minimum Gasteiger partial charge on any atom is -0.334 e. The maximum atomic E-state index is 4.49. The molecule has 2 aliphatic heterocycles. The standard InChI is InChI=1S/C25H30N6/c1-3-31-23(17-28-25(31)22-7-5-15-30(22)2)19-11-8-18(9-12-19)10-13-20-16-27-24(29-20)21-6-4-14-26-21/h8-9,11-12,16-17,21-22,26H,3-7,14-15H2,1-2H3,(H,27,29)/p+1. The summed E-state index contributed by atoms with van der Waals surface area (Å²) in [6, 6.07) is 9.37. The molecule has 2 atom stereocenters. The van der Waals surface area contributed by atoms with Gasteiger partial charge in [-0.3, -0.25) is 4.90 Å². The summed E-state index contributed by atoms with van der Waals surface area (Å²) in [5.74, 6) is 8.80. The van der Waals surface area contributed by atoms with Gasteiger partial charge in [0.15, 0.2) is 5.69 Å². The van der Waals surface area contributed by atoms with Gasteiger partial charge >= 0.3 is 0 Å². The lowest BCUT2D eigenvalue weighted by atomic mass is 10.1. The van der Waals surface area contributed by atoms with Crippen LogP contribution < -0.4 is 9.88 Å². The third-order valence-electron chi connectivity index (χ3n) is 6.60. The lowest BCUT2D eigenvalue weighted by molar-refractivity contribution is -0.691. The zero-order valence-corrected chi connectivity index (χ0v) is 18.4. The summed E-state index contributed by atoms with van der Waals surface area (Å²) in [4.78, 5) is 13.9. The van der Waals surface area contributed by atoms with Gasteiger partial charge < -0.3 is 10.3 Å². The molecule has 0 spiro atoms. The fraction of sp³-hybridized carbons (Fsp3) is 0.440. The van der Waals surface area contributed by atoms with Gasteiger partial charge in [0.25, 0.3) is 5.82 Å². The van der Waals surface area contributed by atoms with Gasteiger partial charge in [0, 0.05) is 11.1 Å². The van der Waals surface area contributed by atoms with Gasteiger partial charge in [-0.2, -0.15) is 0 Å². The van der Waals surface area contributed by atoms with Crippen LogP contribution in [-0.4, -0.2) is 40.0 Å². The van der Waals surface area contributed by atoms with Gasteiger partial charge in [-0.05, 0) is 82.9 Å². The van der Waals surface area contributed by atoms with Crippen molar-refractivity contribution in [3.05, 3.63) is 59.6 Å². The number of hydrogen-bond donors (Lipinski definition) is 3. The van der Waals surface area contributed by atoms with Crippen molar-refractivity contribution in [2.45, 2.75) is 51.2 Å². The molecule has 0 aliphatic carbocycles. The highest BCUT2D eigenvalue weighted by atomic mass is 15.2. The molecular formula is C25H31N6+. The maximum Gasteiger partial charge on any atom is 0.272 e. The Balaban J connectivity index is 1.33. The fourth-order valence-corrected chi connectivity index (χ4v) is 4.90. The van der Waals surface area contributed by atoms with Crippen LogP contribution in [0.2, 0.25) is 0 Å². The van der Waals surface area contributed by atoms with Crippen molar-refractivity contribution in [2.75, 3.05) is 20.1 Å². The van der Waals surface area contributed by atoms with E-state index in [1.54, 1.807) is 0 Å². The first-order valence-corrected chi connectivity index (χ1v) is 11.4. The van der Waals surface area contributed by atoms with Crippen LogP contribution >= 0.6 is 0 Å². The normalized spacial score (nSPS) is 21.4. The summed E-state index contributed by atoms with van der Waals surface area (Å²) < 4.78 is 2.41. The Morgan fingerprint density at radius 1 is 1.16 bits per heavy atom. The van der Waals surface area contributed by atoms with Crippen LogP contribution in [0.5, 0.6) is 0 Å². The number of hydrogen-bond acceptors (Lipinski definition) is 3. The van der Waals surface area contributed by atoms with Crippen LogP contribution in [0.3, 0.4) is 0 Å². The number of H-pyrrole nitrogens is 2. The molecular weight excluding hydrogens is 384 g/mol. The smallest absolute Gasteiger partial charge is 0.272 e. The van der Waals surface area contributed by atoms with Gasteiger partial charge in [0.2, 0.25) is 0 Å². The van der Waals surface area contributed by atoms with Crippen molar-refractivity contribution in [1.82, 2.24) is 25.2 Å². The Kier molecular flexibility index (Phi) is 5.63. The zero-order valence-electron chi connectivity index (χ0n) is 18.4. The molecule has 160 valence electrons. The summed E-state index contributed by atoms with van der Waals surface area (Å²) in [7, 11) is 2.22. The van der Waals surface area contributed by atoms with Crippen LogP contribution in [-0.2, 0) is 6.54 Å². The first-order chi connectivity index (χ1) is 15.2. The Morgan fingerprint density at radius 2 is 2.03 bits per heavy atom. The first-order valence-electron chi connectivity index (χ1n) is 11.4. The lowest BCUT2D eigenvalue weighted by Gasteiger charge is -2.16. The second-order valence-electron chi connectivity index (χ2n) is 8.60. The van der Waals surface area contributed by atoms with E-state index in [0.717, 1.165) is 36.6 Å². The number of nitrogens with zero attached hydrogens (tertiary/aromatic N) is 3. The highest BCUT2D eigenvalue weighted by Gasteiger charge is 2.32. The molecule has 0 saturated carbocycles. The molecule has 4 heterocycles. The molecule has 0 radical (unpaired) electrons. The van der Waals surface area contributed by atoms with E-state index < -0.39 is 0 Å². The topological polar surface area (TPSA) is 63.6 Å². The summed E-state index contributed by atoms with van der Waals surface area (Å²) in [5.41, 5.74) is 4.33. The van der Waals surface area contributed by atoms with Crippen LogP contribution in [0, 0.1) is 11.8 Å². The average Bonchev–Trinajstić information content (AvgIpc) is 3.59. The van der Waals surface area contributed by atoms with Crippen LogP contribution in [0.25, 0.3) is 11.3 Å². The van der Waals surface area contributed by atoms with E-state index in [2.05, 4.69) is 86.0 Å². The molecule has 2 saturated heterocycles. The first kappa shape index (κ1) is 20.0. The number of benzene rings is 1. The van der Waals surface area contributed by atoms with Gasteiger partial charge in [0.1, 0.15) is 23.8 Å². The maximum absolute atomic E-state index is 4.49. The van der Waals surface area contributed by atoms with Crippen molar-refractivity contribution in [2.24, 2.45) is 0 Å². The molecule has 6 heteroatoms. The van der Waals surface area contributed by atoms with E-state index >= 15 is 0 Å². The average molecular weight is 416 g/mol. The molecule has 2 aliphatic rings. The number of nitrogens with one attached hydrogen (secondary N) is 3. The Morgan fingerprint density at radius 3 is 2.74 bits per heavy atom. The van der Waals surface area contributed by atoms with Crippen LogP contribution in [0.15, 0.2) is 36.7 Å². The Bertz CT molecular complexity index is 1090. The zero-order chi connectivity index (χ0) is 21.2. The van der Waals surface area contributed by atoms with E-state index in [1.807, 2.05) is 6.20 Å². The van der Waals surface area contributed by atoms with Crippen molar-refractivity contribution >= 4 is 0 Å². The van der Waals surface area contributed by atoms with Crippen molar-refractivity contribution in [3.8, 4) is 23.1 Å². The van der Waals surface area contributed by atoms with Crippen LogP contribution in [0.4, 0.5) is 0 Å². The van der Waals surface area contributed by atoms with E-state index in [0.29, 0.717) is 12.1 Å². The second-order valence-corrected chi connectivity index (χ2v) is 8.60. The molecule has 2 aromatic heterocycles. The number of likely N-dealkylation sites (tertiary alicyclic amines) is 1. The summed E-state index contributed by atoms with van der Waals surface area (Å²) in [5, 5.41) is 3.46. The summed E-state index contributed by atoms with van der Waals surface area (Å²) >= 11 is 0. The van der Waals surface area contributed by atoms with Gasteiger partial charge in [-0.15, -0.1) is 0 Å². The monoisotopic (exact) mass is 415 g/mol. The minimum absolute atomic E-state index is 0.343. The highest BCUT2D eigenvalue weighted by molar-refractivity contribution is 5.57. The SMILES string of the molecule is CC[n+]1c(-c2ccc(C#Cc3cnc(C4CCCN4)[nH]3)cc2)c[nH]c1C1CCCN1C. The largest absolute Gasteiger partial charge is 0.334 e. The fourth-order valence-electron chi connectivity index (χ4n) is 4.90. The molecule has 31 heavy (non-hydrogen) atoms. The molecule has 2 fully saturated rings. The van der Waals surface area contributed by atoms with E-state index in [4.69, 9.17) is 0 Å². The molecule has 0 bridgehead atoms. The third kappa shape index (κ3) is 4.04. The molecule has 6 nitrogen and oxygen atoms in total. The quantitative estimate of drug-likeness (QED) is 0.453. The number of aromatic amines is 2. The predicted molar refractivity (Wildman–Crippen MR) is 121 cm³/mol. The molecule has 3 aromatic rings. The lowest BCUT2D eigenvalue weighted by Crippen LogP contribution is -2.40. The van der Waals surface area contributed by atoms with Gasteiger partial charge in [0.05, 0.1) is 18.8 Å².